The minimum Gasteiger partial charge on any atom is -0.346 e. The molecule has 0 aliphatic carbocycles. The van der Waals surface area contributed by atoms with E-state index < -0.39 is 0 Å². The third-order valence-corrected chi connectivity index (χ3v) is 4.75. The molecule has 3 heteroatoms. The third-order valence-electron chi connectivity index (χ3n) is 4.75. The van der Waals surface area contributed by atoms with Gasteiger partial charge < -0.3 is 5.32 Å². The van der Waals surface area contributed by atoms with Crippen molar-refractivity contribution in [3.63, 3.8) is 0 Å². The van der Waals surface area contributed by atoms with Crippen LogP contribution in [0.1, 0.15) is 57.7 Å². The Kier molecular flexibility index (Phi) is 5.82. The van der Waals surface area contributed by atoms with Gasteiger partial charge in [0.15, 0.2) is 5.78 Å². The molecule has 0 saturated heterocycles. The number of nitrogens with one attached hydrogen (secondary N) is 1. The Balaban J connectivity index is 1.75. The van der Waals surface area contributed by atoms with Crippen molar-refractivity contribution < 1.29 is 9.59 Å². The summed E-state index contributed by atoms with van der Waals surface area (Å²) >= 11 is 0. The van der Waals surface area contributed by atoms with Gasteiger partial charge in [-0.3, -0.25) is 9.59 Å². The molecule has 1 N–H and O–H groups in total. The Bertz CT molecular complexity index is 919. The summed E-state index contributed by atoms with van der Waals surface area (Å²) in [6, 6.07) is 26.3. The second-order valence-corrected chi connectivity index (χ2v) is 6.68. The van der Waals surface area contributed by atoms with Crippen molar-refractivity contribution in [2.24, 2.45) is 0 Å². The summed E-state index contributed by atoms with van der Waals surface area (Å²) in [6.07, 6.45) is 0. The number of hydrogen-bond donors (Lipinski definition) is 1. The average Bonchev–Trinajstić information content (AvgIpc) is 2.74. The smallest absolute Gasteiger partial charge is 0.251 e. The van der Waals surface area contributed by atoms with Crippen molar-refractivity contribution in [1.29, 1.82) is 0 Å². The van der Waals surface area contributed by atoms with E-state index in [4.69, 9.17) is 0 Å². The molecule has 0 bridgehead atoms. The van der Waals surface area contributed by atoms with E-state index in [2.05, 4.69) is 5.32 Å². The quantitative estimate of drug-likeness (QED) is 0.619. The van der Waals surface area contributed by atoms with E-state index in [1.54, 1.807) is 24.3 Å². The molecular weight excluding hydrogens is 334 g/mol. The Morgan fingerprint density at radius 3 is 1.89 bits per heavy atom. The summed E-state index contributed by atoms with van der Waals surface area (Å²) < 4.78 is 0. The summed E-state index contributed by atoms with van der Waals surface area (Å²) in [5, 5.41) is 2.99. The highest BCUT2D eigenvalue weighted by molar-refractivity contribution is 6.03. The van der Waals surface area contributed by atoms with Crippen LogP contribution in [0.5, 0.6) is 0 Å². The van der Waals surface area contributed by atoms with Gasteiger partial charge in [-0.05, 0) is 30.2 Å². The average molecular weight is 357 g/mol. The van der Waals surface area contributed by atoms with Crippen LogP contribution in [-0.2, 0) is 0 Å². The van der Waals surface area contributed by atoms with Gasteiger partial charge in [-0.25, -0.2) is 0 Å². The number of rotatable bonds is 6. The lowest BCUT2D eigenvalue weighted by Crippen LogP contribution is -2.26. The maximum Gasteiger partial charge on any atom is 0.251 e. The number of benzene rings is 3. The Morgan fingerprint density at radius 1 is 0.704 bits per heavy atom. The lowest BCUT2D eigenvalue weighted by atomic mass is 9.91. The van der Waals surface area contributed by atoms with Gasteiger partial charge >= 0.3 is 0 Å². The molecule has 0 aromatic heterocycles. The summed E-state index contributed by atoms with van der Waals surface area (Å²) in [5.74, 6) is -0.437. The molecule has 27 heavy (non-hydrogen) atoms. The van der Waals surface area contributed by atoms with E-state index in [0.717, 1.165) is 11.1 Å². The topological polar surface area (TPSA) is 46.2 Å². The summed E-state index contributed by atoms with van der Waals surface area (Å²) in [4.78, 5) is 25.5. The number of carbonyl (C=O) groups is 2. The highest BCUT2D eigenvalue weighted by Gasteiger charge is 2.19. The summed E-state index contributed by atoms with van der Waals surface area (Å²) in [5.41, 5.74) is 3.04. The van der Waals surface area contributed by atoms with E-state index in [1.807, 2.05) is 74.5 Å². The van der Waals surface area contributed by atoms with Gasteiger partial charge in [-0.15, -0.1) is 0 Å². The number of ketones is 1. The molecule has 0 radical (unpaired) electrons. The standard InChI is InChI=1S/C24H23NO2/c1-17(19-10-5-3-6-11-19)23(26)21-14-9-15-22(16-21)24(27)25-18(2)20-12-7-4-8-13-20/h3-18H,1-2H3,(H,25,27)/t17-,18-/m0/s1. The van der Waals surface area contributed by atoms with Crippen LogP contribution in [0.2, 0.25) is 0 Å². The molecule has 0 aliphatic heterocycles. The molecular formula is C24H23NO2. The maximum atomic E-state index is 12.8. The third kappa shape index (κ3) is 4.50. The first-order valence-electron chi connectivity index (χ1n) is 9.11. The van der Waals surface area contributed by atoms with Crippen LogP contribution < -0.4 is 5.32 Å². The van der Waals surface area contributed by atoms with E-state index >= 15 is 0 Å². The molecule has 1 amide bonds. The first-order valence-corrected chi connectivity index (χ1v) is 9.11. The second-order valence-electron chi connectivity index (χ2n) is 6.68. The monoisotopic (exact) mass is 357 g/mol. The van der Waals surface area contributed by atoms with Crippen LogP contribution in [-0.4, -0.2) is 11.7 Å². The van der Waals surface area contributed by atoms with Crippen molar-refractivity contribution in [3.05, 3.63) is 107 Å². The highest BCUT2D eigenvalue weighted by atomic mass is 16.1. The van der Waals surface area contributed by atoms with E-state index in [1.165, 1.54) is 0 Å². The van der Waals surface area contributed by atoms with Gasteiger partial charge in [0, 0.05) is 17.0 Å². The zero-order valence-electron chi connectivity index (χ0n) is 15.6. The van der Waals surface area contributed by atoms with Crippen LogP contribution >= 0.6 is 0 Å². The van der Waals surface area contributed by atoms with Crippen LogP contribution in [0.25, 0.3) is 0 Å². The second kappa shape index (κ2) is 8.45. The maximum absolute atomic E-state index is 12.8. The molecule has 3 rings (SSSR count). The van der Waals surface area contributed by atoms with Gasteiger partial charge in [0.1, 0.15) is 0 Å². The fourth-order valence-electron chi connectivity index (χ4n) is 3.06. The normalized spacial score (nSPS) is 12.8. The summed E-state index contributed by atoms with van der Waals surface area (Å²) in [6.45, 7) is 3.83. The molecule has 3 nitrogen and oxygen atoms in total. The molecule has 0 unspecified atom stereocenters. The minimum atomic E-state index is -0.257. The van der Waals surface area contributed by atoms with Crippen LogP contribution in [0.4, 0.5) is 0 Å². The largest absolute Gasteiger partial charge is 0.346 e. The lowest BCUT2D eigenvalue weighted by molar-refractivity contribution is 0.0940. The van der Waals surface area contributed by atoms with Crippen LogP contribution in [0.3, 0.4) is 0 Å². The van der Waals surface area contributed by atoms with E-state index in [-0.39, 0.29) is 23.7 Å². The number of amides is 1. The highest BCUT2D eigenvalue weighted by Crippen LogP contribution is 2.21. The van der Waals surface area contributed by atoms with Crippen molar-refractivity contribution in [2.75, 3.05) is 0 Å². The van der Waals surface area contributed by atoms with Crippen LogP contribution in [0.15, 0.2) is 84.9 Å². The number of carbonyl (C=O) groups excluding carboxylic acids is 2. The Morgan fingerprint density at radius 2 is 1.26 bits per heavy atom. The fraction of sp³-hybridized carbons (Fsp3) is 0.167. The van der Waals surface area contributed by atoms with Gasteiger partial charge in [0.2, 0.25) is 0 Å². The number of Topliss-reactive ketones (excluding diaryl/α,β-unsaturated/α-hetero) is 1. The Hall–Kier alpha value is -3.20. The zero-order chi connectivity index (χ0) is 19.2. The molecule has 0 spiro atoms. The first-order chi connectivity index (χ1) is 13.1. The predicted octanol–water partition coefficient (Wildman–Crippen LogP) is 5.16. The van der Waals surface area contributed by atoms with Gasteiger partial charge in [0.25, 0.3) is 5.91 Å². The van der Waals surface area contributed by atoms with Crippen molar-refractivity contribution in [1.82, 2.24) is 5.32 Å². The molecule has 0 saturated carbocycles. The molecule has 0 heterocycles. The molecule has 0 fully saturated rings. The van der Waals surface area contributed by atoms with Gasteiger partial charge in [-0.1, -0.05) is 79.7 Å². The molecule has 3 aromatic carbocycles. The van der Waals surface area contributed by atoms with Crippen molar-refractivity contribution >= 4 is 11.7 Å². The van der Waals surface area contributed by atoms with Crippen LogP contribution in [0, 0.1) is 0 Å². The summed E-state index contributed by atoms with van der Waals surface area (Å²) in [7, 11) is 0. The first kappa shape index (κ1) is 18.6. The zero-order valence-corrected chi connectivity index (χ0v) is 15.6. The molecule has 3 aromatic rings. The van der Waals surface area contributed by atoms with Gasteiger partial charge in [-0.2, -0.15) is 0 Å². The molecule has 0 aliphatic rings. The minimum absolute atomic E-state index is 0.00644. The van der Waals surface area contributed by atoms with E-state index in [0.29, 0.717) is 11.1 Å². The lowest BCUT2D eigenvalue weighted by Gasteiger charge is -2.15. The van der Waals surface area contributed by atoms with Gasteiger partial charge in [0.05, 0.1) is 6.04 Å². The fourth-order valence-corrected chi connectivity index (χ4v) is 3.06. The molecule has 2 atom stereocenters. The number of hydrogen-bond acceptors (Lipinski definition) is 2. The van der Waals surface area contributed by atoms with Crippen molar-refractivity contribution in [3.8, 4) is 0 Å². The predicted molar refractivity (Wildman–Crippen MR) is 108 cm³/mol. The SMILES string of the molecule is C[C@H](NC(=O)c1cccc(C(=O)[C@@H](C)c2ccccc2)c1)c1ccccc1. The van der Waals surface area contributed by atoms with E-state index in [9.17, 15) is 9.59 Å². The van der Waals surface area contributed by atoms with Crippen molar-refractivity contribution in [2.45, 2.75) is 25.8 Å². The molecule has 136 valence electrons. The Labute approximate surface area is 160 Å².